The second-order valence-corrected chi connectivity index (χ2v) is 8.52. The summed E-state index contributed by atoms with van der Waals surface area (Å²) in [5, 5.41) is 23.9. The van der Waals surface area contributed by atoms with Crippen molar-refractivity contribution >= 4 is 22.8 Å². The Balaban J connectivity index is 1.36. The maximum atomic E-state index is 13.2. The van der Waals surface area contributed by atoms with Crippen molar-refractivity contribution in [3.05, 3.63) is 89.1 Å². The van der Waals surface area contributed by atoms with Crippen molar-refractivity contribution in [2.45, 2.75) is 18.5 Å². The Bertz CT molecular complexity index is 1450. The standard InChI is InChI=1S/C27H22N2O5/c30-21(8-5-15-6-9-22(31)23(32)11-15)20-13-18-17-3-1-2-4-19(17)28-27(18)26(29-20)16-7-10-24-25(12-16)34-14-33-24/h1-12,20,26,28-29,31-32H,13-14H2. The molecule has 2 unspecified atom stereocenters. The first kappa shape index (κ1) is 20.4. The zero-order valence-corrected chi connectivity index (χ0v) is 18.1. The third kappa shape index (κ3) is 3.47. The van der Waals surface area contributed by atoms with Gasteiger partial charge in [0.2, 0.25) is 6.79 Å². The van der Waals surface area contributed by atoms with E-state index in [0.717, 1.165) is 27.7 Å². The van der Waals surface area contributed by atoms with Gasteiger partial charge in [-0.1, -0.05) is 36.4 Å². The normalized spacial score (nSPS) is 18.9. The minimum absolute atomic E-state index is 0.0748. The number of H-pyrrole nitrogens is 1. The average molecular weight is 454 g/mol. The van der Waals surface area contributed by atoms with Gasteiger partial charge in [0.05, 0.1) is 12.1 Å². The predicted molar refractivity (Wildman–Crippen MR) is 127 cm³/mol. The molecule has 0 spiro atoms. The molecule has 2 aliphatic heterocycles. The minimum Gasteiger partial charge on any atom is -0.504 e. The van der Waals surface area contributed by atoms with Gasteiger partial charge in [-0.15, -0.1) is 0 Å². The number of benzene rings is 3. The van der Waals surface area contributed by atoms with Crippen molar-refractivity contribution < 1.29 is 24.5 Å². The summed E-state index contributed by atoms with van der Waals surface area (Å²) >= 11 is 0. The van der Waals surface area contributed by atoms with Gasteiger partial charge in [-0.2, -0.15) is 0 Å². The highest BCUT2D eigenvalue weighted by Gasteiger charge is 2.33. The molecule has 4 N–H and O–H groups in total. The SMILES string of the molecule is O=C(C=Cc1ccc(O)c(O)c1)C1Cc2c([nH]c3ccccc23)C(c2ccc3c(c2)OCO3)N1. The number of fused-ring (bicyclic) bond motifs is 4. The van der Waals surface area contributed by atoms with E-state index in [-0.39, 0.29) is 30.1 Å². The molecular weight excluding hydrogens is 432 g/mol. The topological polar surface area (TPSA) is 104 Å². The molecule has 6 rings (SSSR count). The first-order valence-electron chi connectivity index (χ1n) is 11.1. The van der Waals surface area contributed by atoms with Gasteiger partial charge in [-0.05, 0) is 59.5 Å². The Morgan fingerprint density at radius 1 is 0.971 bits per heavy atom. The van der Waals surface area contributed by atoms with Gasteiger partial charge in [0.15, 0.2) is 28.8 Å². The molecule has 34 heavy (non-hydrogen) atoms. The molecule has 2 atom stereocenters. The van der Waals surface area contributed by atoms with Crippen molar-refractivity contribution in [2.24, 2.45) is 0 Å². The van der Waals surface area contributed by atoms with Crippen LogP contribution in [-0.4, -0.2) is 33.8 Å². The van der Waals surface area contributed by atoms with Crippen LogP contribution in [0.25, 0.3) is 17.0 Å². The van der Waals surface area contributed by atoms with Gasteiger partial charge in [-0.25, -0.2) is 0 Å². The van der Waals surface area contributed by atoms with E-state index in [4.69, 9.17) is 9.47 Å². The summed E-state index contributed by atoms with van der Waals surface area (Å²) in [7, 11) is 0. The van der Waals surface area contributed by atoms with Crippen molar-refractivity contribution in [1.29, 1.82) is 0 Å². The molecule has 0 saturated heterocycles. The molecule has 3 aromatic carbocycles. The summed E-state index contributed by atoms with van der Waals surface area (Å²) in [6, 6.07) is 17.7. The molecule has 7 heteroatoms. The number of ketones is 1. The van der Waals surface area contributed by atoms with Crippen LogP contribution in [0.1, 0.15) is 28.4 Å². The Morgan fingerprint density at radius 2 is 1.82 bits per heavy atom. The van der Waals surface area contributed by atoms with Crippen LogP contribution >= 0.6 is 0 Å². The van der Waals surface area contributed by atoms with Crippen LogP contribution in [0.3, 0.4) is 0 Å². The number of aromatic hydroxyl groups is 2. The van der Waals surface area contributed by atoms with Crippen LogP contribution in [0, 0.1) is 0 Å². The highest BCUT2D eigenvalue weighted by Crippen LogP contribution is 2.39. The van der Waals surface area contributed by atoms with Gasteiger partial charge < -0.3 is 24.7 Å². The van der Waals surface area contributed by atoms with Crippen LogP contribution in [0.2, 0.25) is 0 Å². The maximum Gasteiger partial charge on any atom is 0.231 e. The number of ether oxygens (including phenoxy) is 2. The van der Waals surface area contributed by atoms with E-state index < -0.39 is 6.04 Å². The molecule has 0 amide bonds. The molecule has 7 nitrogen and oxygen atoms in total. The number of aromatic nitrogens is 1. The van der Waals surface area contributed by atoms with Gasteiger partial charge in [0, 0.05) is 16.6 Å². The molecule has 0 radical (unpaired) electrons. The predicted octanol–water partition coefficient (Wildman–Crippen LogP) is 4.19. The molecule has 0 saturated carbocycles. The highest BCUT2D eigenvalue weighted by molar-refractivity contribution is 5.99. The number of hydrogen-bond donors (Lipinski definition) is 4. The van der Waals surface area contributed by atoms with Crippen LogP contribution in [0.5, 0.6) is 23.0 Å². The number of aromatic amines is 1. The Kier molecular flexibility index (Phi) is 4.78. The Morgan fingerprint density at radius 3 is 2.71 bits per heavy atom. The van der Waals surface area contributed by atoms with Crippen molar-refractivity contribution in [3.63, 3.8) is 0 Å². The third-order valence-electron chi connectivity index (χ3n) is 6.42. The fourth-order valence-electron chi connectivity index (χ4n) is 4.71. The molecule has 0 fully saturated rings. The molecule has 3 heterocycles. The van der Waals surface area contributed by atoms with E-state index in [9.17, 15) is 15.0 Å². The molecule has 2 aliphatic rings. The van der Waals surface area contributed by atoms with E-state index in [1.54, 1.807) is 12.1 Å². The summed E-state index contributed by atoms with van der Waals surface area (Å²) in [4.78, 5) is 16.8. The van der Waals surface area contributed by atoms with E-state index in [0.29, 0.717) is 23.5 Å². The fraction of sp³-hybridized carbons (Fsp3) is 0.148. The zero-order valence-electron chi connectivity index (χ0n) is 18.1. The van der Waals surface area contributed by atoms with Crippen molar-refractivity contribution in [1.82, 2.24) is 10.3 Å². The third-order valence-corrected chi connectivity index (χ3v) is 6.42. The van der Waals surface area contributed by atoms with E-state index >= 15 is 0 Å². The summed E-state index contributed by atoms with van der Waals surface area (Å²) in [6.45, 7) is 0.202. The lowest BCUT2D eigenvalue weighted by atomic mass is 9.88. The molecule has 170 valence electrons. The molecule has 0 bridgehead atoms. The number of hydrogen-bond acceptors (Lipinski definition) is 6. The minimum atomic E-state index is -0.441. The van der Waals surface area contributed by atoms with Gasteiger partial charge in [0.1, 0.15) is 0 Å². The van der Waals surface area contributed by atoms with Gasteiger partial charge >= 0.3 is 0 Å². The monoisotopic (exact) mass is 454 g/mol. The average Bonchev–Trinajstić information content (AvgIpc) is 3.48. The second kappa shape index (κ2) is 7.97. The smallest absolute Gasteiger partial charge is 0.231 e. The van der Waals surface area contributed by atoms with Crippen LogP contribution in [-0.2, 0) is 11.2 Å². The first-order valence-corrected chi connectivity index (χ1v) is 11.1. The number of rotatable bonds is 4. The van der Waals surface area contributed by atoms with Gasteiger partial charge in [-0.3, -0.25) is 10.1 Å². The van der Waals surface area contributed by atoms with E-state index in [1.165, 1.54) is 18.2 Å². The van der Waals surface area contributed by atoms with Crippen molar-refractivity contribution in [3.8, 4) is 23.0 Å². The number of para-hydroxylation sites is 1. The Labute approximate surface area is 195 Å². The summed E-state index contributed by atoms with van der Waals surface area (Å²) in [5.74, 6) is 0.906. The maximum absolute atomic E-state index is 13.2. The summed E-state index contributed by atoms with van der Waals surface area (Å²) < 4.78 is 11.0. The second-order valence-electron chi connectivity index (χ2n) is 8.52. The van der Waals surface area contributed by atoms with Crippen LogP contribution in [0.15, 0.2) is 66.7 Å². The highest BCUT2D eigenvalue weighted by atomic mass is 16.7. The largest absolute Gasteiger partial charge is 0.504 e. The number of carbonyl (C=O) groups is 1. The zero-order chi connectivity index (χ0) is 23.2. The lowest BCUT2D eigenvalue weighted by Crippen LogP contribution is -2.44. The number of nitrogens with one attached hydrogen (secondary N) is 2. The lowest BCUT2D eigenvalue weighted by molar-refractivity contribution is -0.116. The Hall–Kier alpha value is -4.23. The van der Waals surface area contributed by atoms with E-state index in [1.807, 2.05) is 36.4 Å². The van der Waals surface area contributed by atoms with Gasteiger partial charge in [0.25, 0.3) is 0 Å². The van der Waals surface area contributed by atoms with Crippen LogP contribution in [0.4, 0.5) is 0 Å². The number of carbonyl (C=O) groups excluding carboxylic acids is 1. The molecule has 4 aromatic rings. The van der Waals surface area contributed by atoms with Crippen molar-refractivity contribution in [2.75, 3.05) is 6.79 Å². The van der Waals surface area contributed by atoms with E-state index in [2.05, 4.69) is 16.4 Å². The first-order chi connectivity index (χ1) is 16.6. The number of phenolic OH excluding ortho intramolecular Hbond substituents is 2. The molecule has 1 aromatic heterocycles. The molecular formula is C27H22N2O5. The molecule has 0 aliphatic carbocycles. The summed E-state index contributed by atoms with van der Waals surface area (Å²) in [5.41, 5.74) is 4.78. The van der Waals surface area contributed by atoms with Crippen LogP contribution < -0.4 is 14.8 Å². The quantitative estimate of drug-likeness (QED) is 0.272. The fourth-order valence-corrected chi connectivity index (χ4v) is 4.71. The summed E-state index contributed by atoms with van der Waals surface area (Å²) in [6.07, 6.45) is 3.70. The lowest BCUT2D eigenvalue weighted by Gasteiger charge is -2.30. The number of phenols is 2.